The van der Waals surface area contributed by atoms with Gasteiger partial charge in [0.1, 0.15) is 10.7 Å². The van der Waals surface area contributed by atoms with Crippen molar-refractivity contribution >= 4 is 33.2 Å². The lowest BCUT2D eigenvalue weighted by molar-refractivity contribution is 0.0691. The van der Waals surface area contributed by atoms with Crippen molar-refractivity contribution in [2.75, 3.05) is 0 Å². The molecule has 2 heterocycles. The van der Waals surface area contributed by atoms with Crippen molar-refractivity contribution in [1.29, 1.82) is 0 Å². The normalized spacial score (nSPS) is 10.5. The Bertz CT molecular complexity index is 501. The number of carbonyl (C=O) groups is 1. The molecule has 0 aromatic carbocycles. The third-order valence-corrected chi connectivity index (χ3v) is 3.09. The molecule has 78 valence electrons. The molecule has 0 atom stereocenters. The van der Waals surface area contributed by atoms with Crippen LogP contribution in [-0.4, -0.2) is 31.1 Å². The summed E-state index contributed by atoms with van der Waals surface area (Å²) in [5.41, 5.74) is 0.704. The smallest absolute Gasteiger partial charge is 0.355 e. The van der Waals surface area contributed by atoms with Crippen LogP contribution in [0.25, 0.3) is 10.7 Å². The summed E-state index contributed by atoms with van der Waals surface area (Å²) in [5.74, 6) is -1.04. The van der Waals surface area contributed by atoms with Crippen LogP contribution in [0.3, 0.4) is 0 Å². The van der Waals surface area contributed by atoms with Crippen LogP contribution in [0.1, 0.15) is 10.5 Å². The lowest BCUT2D eigenvalue weighted by Crippen LogP contribution is -1.97. The summed E-state index contributed by atoms with van der Waals surface area (Å²) < 4.78 is 2.09. The van der Waals surface area contributed by atoms with Gasteiger partial charge in [0.25, 0.3) is 0 Å². The molecule has 0 unspecified atom stereocenters. The van der Waals surface area contributed by atoms with Crippen LogP contribution in [0.2, 0.25) is 0 Å². The van der Waals surface area contributed by atoms with Gasteiger partial charge in [-0.3, -0.25) is 0 Å². The van der Waals surface area contributed by atoms with Gasteiger partial charge in [-0.1, -0.05) is 5.21 Å². The molecule has 0 aliphatic carbocycles. The maximum Gasteiger partial charge on any atom is 0.355 e. The van der Waals surface area contributed by atoms with Gasteiger partial charge in [0, 0.05) is 12.4 Å². The third kappa shape index (κ3) is 1.77. The second-order valence-corrected chi connectivity index (χ2v) is 4.30. The summed E-state index contributed by atoms with van der Waals surface area (Å²) in [6.45, 7) is 0. The summed E-state index contributed by atoms with van der Waals surface area (Å²) in [7, 11) is 1.72. The number of thiazole rings is 1. The minimum atomic E-state index is -1.04. The first-order valence-corrected chi connectivity index (χ1v) is 5.51. The highest BCUT2D eigenvalue weighted by molar-refractivity contribution is 9.10. The fourth-order valence-corrected chi connectivity index (χ4v) is 2.55. The van der Waals surface area contributed by atoms with Gasteiger partial charge >= 0.3 is 5.97 Å². The Morgan fingerprint density at radius 2 is 2.40 bits per heavy atom. The lowest BCUT2D eigenvalue weighted by atomic mass is 10.4. The maximum atomic E-state index is 10.6. The Kier molecular flexibility index (Phi) is 2.53. The standard InChI is InChI=1S/C7H5BrN4O2S/c1-12-4(5(8)10-11-12)6-9-3(2-15-6)7(13)14/h2H,1H3,(H,13,14). The van der Waals surface area contributed by atoms with Crippen molar-refractivity contribution in [2.45, 2.75) is 0 Å². The predicted octanol–water partition coefficient (Wildman–Crippen LogP) is 1.40. The highest BCUT2D eigenvalue weighted by Gasteiger charge is 2.16. The fourth-order valence-electron chi connectivity index (χ4n) is 1.04. The molecule has 2 aromatic heterocycles. The van der Waals surface area contributed by atoms with Crippen molar-refractivity contribution in [2.24, 2.45) is 7.05 Å². The highest BCUT2D eigenvalue weighted by Crippen LogP contribution is 2.28. The highest BCUT2D eigenvalue weighted by atomic mass is 79.9. The van der Waals surface area contributed by atoms with Crippen molar-refractivity contribution in [1.82, 2.24) is 20.0 Å². The summed E-state index contributed by atoms with van der Waals surface area (Å²) in [4.78, 5) is 14.6. The number of halogens is 1. The van der Waals surface area contributed by atoms with Crippen molar-refractivity contribution in [3.8, 4) is 10.7 Å². The van der Waals surface area contributed by atoms with E-state index in [1.165, 1.54) is 21.4 Å². The van der Waals surface area contributed by atoms with Crippen molar-refractivity contribution in [3.63, 3.8) is 0 Å². The number of aromatic nitrogens is 4. The van der Waals surface area contributed by atoms with E-state index in [2.05, 4.69) is 31.2 Å². The van der Waals surface area contributed by atoms with Crippen LogP contribution in [0.15, 0.2) is 9.98 Å². The molecule has 0 aliphatic heterocycles. The average Bonchev–Trinajstić information content (AvgIpc) is 2.73. The summed E-state index contributed by atoms with van der Waals surface area (Å²) in [6, 6.07) is 0. The van der Waals surface area contributed by atoms with Gasteiger partial charge < -0.3 is 5.11 Å². The molecule has 0 radical (unpaired) electrons. The van der Waals surface area contributed by atoms with E-state index >= 15 is 0 Å². The second-order valence-electron chi connectivity index (χ2n) is 2.70. The van der Waals surface area contributed by atoms with Gasteiger partial charge in [0.05, 0.1) is 0 Å². The first-order valence-electron chi connectivity index (χ1n) is 3.84. The Balaban J connectivity index is 2.50. The molecule has 0 amide bonds. The summed E-state index contributed by atoms with van der Waals surface area (Å²) in [5, 5.41) is 18.4. The largest absolute Gasteiger partial charge is 0.476 e. The fraction of sp³-hybridized carbons (Fsp3) is 0.143. The van der Waals surface area contributed by atoms with Crippen molar-refractivity contribution < 1.29 is 9.90 Å². The van der Waals surface area contributed by atoms with Crippen LogP contribution in [-0.2, 0) is 7.05 Å². The van der Waals surface area contributed by atoms with Gasteiger partial charge in [0.2, 0.25) is 0 Å². The summed E-state index contributed by atoms with van der Waals surface area (Å²) in [6.07, 6.45) is 0. The number of carboxylic acids is 1. The summed E-state index contributed by atoms with van der Waals surface area (Å²) >= 11 is 4.47. The Labute approximate surface area is 96.7 Å². The lowest BCUT2D eigenvalue weighted by Gasteiger charge is -1.94. The average molecular weight is 289 g/mol. The van der Waals surface area contributed by atoms with Gasteiger partial charge in [-0.15, -0.1) is 16.4 Å². The molecule has 0 spiro atoms. The van der Waals surface area contributed by atoms with Gasteiger partial charge in [-0.2, -0.15) is 0 Å². The molecule has 2 aromatic rings. The molecule has 0 bridgehead atoms. The van der Waals surface area contributed by atoms with E-state index in [9.17, 15) is 4.79 Å². The van der Waals surface area contributed by atoms with Crippen LogP contribution in [0, 0.1) is 0 Å². The monoisotopic (exact) mass is 288 g/mol. The molecular weight excluding hydrogens is 284 g/mol. The minimum Gasteiger partial charge on any atom is -0.476 e. The van der Waals surface area contributed by atoms with E-state index in [1.807, 2.05) is 0 Å². The van der Waals surface area contributed by atoms with Crippen LogP contribution in [0.4, 0.5) is 0 Å². The van der Waals surface area contributed by atoms with E-state index in [4.69, 9.17) is 5.11 Å². The number of aryl methyl sites for hydroxylation is 1. The Morgan fingerprint density at radius 3 is 2.87 bits per heavy atom. The predicted molar refractivity (Wildman–Crippen MR) is 56.8 cm³/mol. The zero-order chi connectivity index (χ0) is 11.0. The van der Waals surface area contributed by atoms with Gasteiger partial charge in [-0.05, 0) is 15.9 Å². The molecule has 2 rings (SSSR count). The Hall–Kier alpha value is -1.28. The van der Waals surface area contributed by atoms with Gasteiger partial charge in [0.15, 0.2) is 10.3 Å². The van der Waals surface area contributed by atoms with E-state index < -0.39 is 5.97 Å². The molecule has 0 saturated carbocycles. The maximum absolute atomic E-state index is 10.6. The quantitative estimate of drug-likeness (QED) is 0.903. The number of aromatic carboxylic acids is 1. The van der Waals surface area contributed by atoms with Gasteiger partial charge in [-0.25, -0.2) is 14.5 Å². The number of carboxylic acid groups (broad SMARTS) is 1. The van der Waals surface area contributed by atoms with E-state index in [0.29, 0.717) is 15.3 Å². The topological polar surface area (TPSA) is 80.9 Å². The van der Waals surface area contributed by atoms with Crippen LogP contribution < -0.4 is 0 Å². The molecule has 1 N–H and O–H groups in total. The Morgan fingerprint density at radius 1 is 1.67 bits per heavy atom. The molecule has 15 heavy (non-hydrogen) atoms. The SMILES string of the molecule is Cn1nnc(Br)c1-c1nc(C(=O)O)cs1. The first kappa shape index (κ1) is 10.2. The minimum absolute atomic E-state index is 0.0306. The van der Waals surface area contributed by atoms with E-state index in [-0.39, 0.29) is 5.69 Å². The first-order chi connectivity index (χ1) is 7.09. The van der Waals surface area contributed by atoms with E-state index in [0.717, 1.165) is 0 Å². The third-order valence-electron chi connectivity index (χ3n) is 1.71. The number of hydrogen-bond donors (Lipinski definition) is 1. The van der Waals surface area contributed by atoms with Crippen molar-refractivity contribution in [3.05, 3.63) is 15.7 Å². The van der Waals surface area contributed by atoms with Crippen LogP contribution >= 0.6 is 27.3 Å². The molecular formula is C7H5BrN4O2S. The molecule has 0 fully saturated rings. The number of hydrogen-bond acceptors (Lipinski definition) is 5. The molecule has 8 heteroatoms. The molecule has 0 aliphatic rings. The number of nitrogens with zero attached hydrogens (tertiary/aromatic N) is 4. The second kappa shape index (κ2) is 3.70. The zero-order valence-corrected chi connectivity index (χ0v) is 9.91. The molecule has 0 saturated heterocycles. The number of rotatable bonds is 2. The van der Waals surface area contributed by atoms with E-state index in [1.54, 1.807) is 7.05 Å². The molecule has 6 nitrogen and oxygen atoms in total. The zero-order valence-electron chi connectivity index (χ0n) is 7.51. The van der Waals surface area contributed by atoms with Crippen LogP contribution in [0.5, 0.6) is 0 Å².